The largest absolute Gasteiger partial charge is 0.321 e. The predicted octanol–water partition coefficient (Wildman–Crippen LogP) is 5.33. The summed E-state index contributed by atoms with van der Waals surface area (Å²) in [5, 5.41) is 3.95. The van der Waals surface area contributed by atoms with Crippen LogP contribution in [0.5, 0.6) is 0 Å². The summed E-state index contributed by atoms with van der Waals surface area (Å²) in [6.45, 7) is 2.10. The number of carbonyl (C=O) groups excluding carboxylic acids is 1. The van der Waals surface area contributed by atoms with E-state index in [0.717, 1.165) is 9.13 Å². The fourth-order valence-electron chi connectivity index (χ4n) is 3.02. The number of aromatic nitrogens is 2. The summed E-state index contributed by atoms with van der Waals surface area (Å²) in [6, 6.07) is 14.9. The van der Waals surface area contributed by atoms with E-state index in [-0.39, 0.29) is 11.5 Å². The maximum Gasteiger partial charge on any atom is 0.266 e. The SMILES string of the molecule is Cc1c(C(=O)Nc2ccc(I)cc2)sc2ncn(Cc3ccccc3Cl)c(=O)c12. The number of amides is 1. The van der Waals surface area contributed by atoms with Crippen molar-refractivity contribution in [2.24, 2.45) is 0 Å². The second-order valence-corrected chi connectivity index (χ2v) is 9.12. The van der Waals surface area contributed by atoms with Gasteiger partial charge in [0.1, 0.15) is 4.83 Å². The number of thiophene rings is 1. The number of nitrogens with one attached hydrogen (secondary N) is 1. The minimum atomic E-state index is -0.247. The van der Waals surface area contributed by atoms with Gasteiger partial charge in [-0.25, -0.2) is 4.98 Å². The van der Waals surface area contributed by atoms with Crippen molar-refractivity contribution < 1.29 is 4.79 Å². The number of rotatable bonds is 4. The van der Waals surface area contributed by atoms with Crippen LogP contribution in [0.15, 0.2) is 59.7 Å². The molecule has 8 heteroatoms. The van der Waals surface area contributed by atoms with Gasteiger partial charge in [0.05, 0.1) is 23.1 Å². The average Bonchev–Trinajstić information content (AvgIpc) is 3.05. The molecular formula is C21H15ClIN3O2S. The van der Waals surface area contributed by atoms with E-state index in [4.69, 9.17) is 11.6 Å². The minimum absolute atomic E-state index is 0.183. The molecule has 4 aromatic rings. The molecule has 0 aliphatic heterocycles. The highest BCUT2D eigenvalue weighted by molar-refractivity contribution is 14.1. The molecule has 2 aromatic carbocycles. The number of nitrogens with zero attached hydrogens (tertiary/aromatic N) is 2. The van der Waals surface area contributed by atoms with E-state index < -0.39 is 0 Å². The Morgan fingerprint density at radius 3 is 2.66 bits per heavy atom. The number of aryl methyl sites for hydroxylation is 1. The second-order valence-electron chi connectivity index (χ2n) is 6.47. The molecule has 4 rings (SSSR count). The first-order valence-electron chi connectivity index (χ1n) is 8.73. The molecule has 0 saturated carbocycles. The predicted molar refractivity (Wildman–Crippen MR) is 126 cm³/mol. The van der Waals surface area contributed by atoms with Crippen molar-refractivity contribution in [3.05, 3.63) is 89.8 Å². The van der Waals surface area contributed by atoms with Crippen LogP contribution in [-0.4, -0.2) is 15.5 Å². The Morgan fingerprint density at radius 2 is 1.93 bits per heavy atom. The van der Waals surface area contributed by atoms with Crippen LogP contribution in [0.25, 0.3) is 10.2 Å². The van der Waals surface area contributed by atoms with Crippen molar-refractivity contribution in [1.29, 1.82) is 0 Å². The third-order valence-electron chi connectivity index (χ3n) is 4.52. The van der Waals surface area contributed by atoms with Crippen LogP contribution in [0.3, 0.4) is 0 Å². The number of benzene rings is 2. The molecule has 0 radical (unpaired) electrons. The van der Waals surface area contributed by atoms with E-state index in [0.29, 0.717) is 37.9 Å². The molecule has 0 unspecified atom stereocenters. The van der Waals surface area contributed by atoms with Crippen molar-refractivity contribution in [2.45, 2.75) is 13.5 Å². The maximum atomic E-state index is 13.1. The lowest BCUT2D eigenvalue weighted by molar-refractivity contribution is 0.103. The van der Waals surface area contributed by atoms with Gasteiger partial charge >= 0.3 is 0 Å². The van der Waals surface area contributed by atoms with Gasteiger partial charge in [0.2, 0.25) is 0 Å². The Hall–Kier alpha value is -2.23. The van der Waals surface area contributed by atoms with Gasteiger partial charge in [-0.1, -0.05) is 29.8 Å². The first-order valence-corrected chi connectivity index (χ1v) is 11.0. The molecule has 2 aromatic heterocycles. The molecule has 146 valence electrons. The summed E-state index contributed by atoms with van der Waals surface area (Å²) in [6.07, 6.45) is 1.50. The Balaban J connectivity index is 1.69. The van der Waals surface area contributed by atoms with Crippen LogP contribution in [-0.2, 0) is 6.54 Å². The topological polar surface area (TPSA) is 64.0 Å². The van der Waals surface area contributed by atoms with Crippen LogP contribution >= 0.6 is 45.5 Å². The highest BCUT2D eigenvalue weighted by atomic mass is 127. The summed E-state index contributed by atoms with van der Waals surface area (Å²) in [7, 11) is 0. The van der Waals surface area contributed by atoms with Gasteiger partial charge in [-0.3, -0.25) is 14.2 Å². The zero-order valence-corrected chi connectivity index (χ0v) is 19.0. The van der Waals surface area contributed by atoms with Gasteiger partial charge in [0, 0.05) is 14.3 Å². The molecule has 0 fully saturated rings. The standard InChI is InChI=1S/C21H15ClIN3O2S/c1-12-17-20(29-18(12)19(27)25-15-8-6-14(23)7-9-15)24-11-26(21(17)28)10-13-4-2-3-5-16(13)22/h2-9,11H,10H2,1H3,(H,25,27). The zero-order chi connectivity index (χ0) is 20.5. The van der Waals surface area contributed by atoms with E-state index >= 15 is 0 Å². The molecule has 0 spiro atoms. The lowest BCUT2D eigenvalue weighted by Crippen LogP contribution is -2.21. The van der Waals surface area contributed by atoms with Crippen LogP contribution in [0.2, 0.25) is 5.02 Å². The number of fused-ring (bicyclic) bond motifs is 1. The molecule has 0 aliphatic rings. The van der Waals surface area contributed by atoms with Gasteiger partial charge < -0.3 is 5.32 Å². The van der Waals surface area contributed by atoms with E-state index in [1.54, 1.807) is 13.0 Å². The zero-order valence-electron chi connectivity index (χ0n) is 15.3. The van der Waals surface area contributed by atoms with E-state index in [1.165, 1.54) is 22.2 Å². The third kappa shape index (κ3) is 4.08. The van der Waals surface area contributed by atoms with Gasteiger partial charge in [-0.15, -0.1) is 11.3 Å². The summed E-state index contributed by atoms with van der Waals surface area (Å²) in [5.74, 6) is -0.247. The molecule has 0 aliphatic carbocycles. The van der Waals surface area contributed by atoms with Crippen LogP contribution in [0, 0.1) is 10.5 Å². The first-order chi connectivity index (χ1) is 13.9. The fourth-order valence-corrected chi connectivity index (χ4v) is 4.61. The first kappa shape index (κ1) is 20.1. The van der Waals surface area contributed by atoms with Crippen molar-refractivity contribution in [3.8, 4) is 0 Å². The van der Waals surface area contributed by atoms with E-state index in [2.05, 4.69) is 32.9 Å². The second kappa shape index (κ2) is 8.25. The van der Waals surface area contributed by atoms with Gasteiger partial charge in [0.25, 0.3) is 11.5 Å². The number of carbonyl (C=O) groups is 1. The molecule has 0 atom stereocenters. The lowest BCUT2D eigenvalue weighted by atomic mass is 10.2. The molecular weight excluding hydrogens is 521 g/mol. The van der Waals surface area contributed by atoms with Crippen molar-refractivity contribution in [1.82, 2.24) is 9.55 Å². The Labute approximate surface area is 189 Å². The summed E-state index contributed by atoms with van der Waals surface area (Å²) in [5.41, 5.74) is 1.99. The van der Waals surface area contributed by atoms with Gasteiger partial charge in [-0.2, -0.15) is 0 Å². The normalized spacial score (nSPS) is 11.0. The van der Waals surface area contributed by atoms with E-state index in [1.807, 2.05) is 42.5 Å². The summed E-state index contributed by atoms with van der Waals surface area (Å²) >= 11 is 9.65. The number of hydrogen-bond donors (Lipinski definition) is 1. The lowest BCUT2D eigenvalue weighted by Gasteiger charge is -2.07. The van der Waals surface area contributed by atoms with Crippen molar-refractivity contribution in [3.63, 3.8) is 0 Å². The third-order valence-corrected chi connectivity index (χ3v) is 6.81. The monoisotopic (exact) mass is 535 g/mol. The highest BCUT2D eigenvalue weighted by Gasteiger charge is 2.20. The van der Waals surface area contributed by atoms with Gasteiger partial charge in [0.15, 0.2) is 0 Å². The van der Waals surface area contributed by atoms with E-state index in [9.17, 15) is 9.59 Å². The Morgan fingerprint density at radius 1 is 1.21 bits per heavy atom. The number of anilines is 1. The average molecular weight is 536 g/mol. The molecule has 1 amide bonds. The Bertz CT molecular complexity index is 1280. The molecule has 2 heterocycles. The highest BCUT2D eigenvalue weighted by Crippen LogP contribution is 2.28. The van der Waals surface area contributed by atoms with Crippen molar-refractivity contribution in [2.75, 3.05) is 5.32 Å². The van der Waals surface area contributed by atoms with Crippen LogP contribution in [0.1, 0.15) is 20.8 Å². The summed E-state index contributed by atoms with van der Waals surface area (Å²) < 4.78 is 2.60. The molecule has 0 bridgehead atoms. The fraction of sp³-hybridized carbons (Fsp3) is 0.0952. The van der Waals surface area contributed by atoms with Crippen LogP contribution < -0.4 is 10.9 Å². The number of halogens is 2. The molecule has 0 saturated heterocycles. The van der Waals surface area contributed by atoms with Crippen LogP contribution in [0.4, 0.5) is 5.69 Å². The van der Waals surface area contributed by atoms with Crippen molar-refractivity contribution >= 4 is 67.3 Å². The maximum absolute atomic E-state index is 13.1. The smallest absolute Gasteiger partial charge is 0.266 e. The molecule has 29 heavy (non-hydrogen) atoms. The quantitative estimate of drug-likeness (QED) is 0.360. The Kier molecular flexibility index (Phi) is 5.71. The summed E-state index contributed by atoms with van der Waals surface area (Å²) in [4.78, 5) is 31.3. The minimum Gasteiger partial charge on any atom is -0.321 e. The van der Waals surface area contributed by atoms with Gasteiger partial charge in [-0.05, 0) is 71.0 Å². The number of hydrogen-bond acceptors (Lipinski definition) is 4. The molecule has 5 nitrogen and oxygen atoms in total. The molecule has 1 N–H and O–H groups in total.